The minimum Gasteiger partial charge on any atom is -0.432 e. The lowest BCUT2D eigenvalue weighted by Gasteiger charge is -2.13. The van der Waals surface area contributed by atoms with Crippen molar-refractivity contribution < 1.29 is 17.9 Å². The van der Waals surface area contributed by atoms with Crippen LogP contribution in [0.25, 0.3) is 0 Å². The summed E-state index contributed by atoms with van der Waals surface area (Å²) in [5, 5.41) is 3.01. The van der Waals surface area contributed by atoms with Gasteiger partial charge in [-0.25, -0.2) is 4.39 Å². The molecule has 114 valence electrons. The van der Waals surface area contributed by atoms with Crippen LogP contribution in [-0.4, -0.2) is 13.2 Å². The monoisotopic (exact) mass is 290 g/mol. The van der Waals surface area contributed by atoms with Crippen LogP contribution >= 0.6 is 0 Å². The van der Waals surface area contributed by atoms with Crippen LogP contribution in [0.4, 0.5) is 24.5 Å². The zero-order valence-corrected chi connectivity index (χ0v) is 11.8. The second kappa shape index (κ2) is 7.87. The lowest BCUT2D eigenvalue weighted by atomic mass is 10.1. The molecule has 1 rings (SSSR count). The van der Waals surface area contributed by atoms with Crippen molar-refractivity contribution in [2.45, 2.75) is 39.7 Å². The normalized spacial score (nSPS) is 11.2. The number of anilines is 2. The van der Waals surface area contributed by atoms with E-state index in [1.807, 2.05) is 0 Å². The molecule has 0 amide bonds. The number of unbranched alkanes of at least 4 members (excludes halogenated alkanes) is 1. The van der Waals surface area contributed by atoms with Crippen LogP contribution in [0.5, 0.6) is 5.75 Å². The molecule has 6 heteroatoms. The highest BCUT2D eigenvalue weighted by Crippen LogP contribution is 2.29. The van der Waals surface area contributed by atoms with Crippen molar-refractivity contribution in [1.82, 2.24) is 0 Å². The molecule has 0 heterocycles. The van der Waals surface area contributed by atoms with Gasteiger partial charge in [-0.3, -0.25) is 0 Å². The van der Waals surface area contributed by atoms with Crippen molar-refractivity contribution in [2.75, 3.05) is 17.6 Å². The molecule has 0 radical (unpaired) electrons. The van der Waals surface area contributed by atoms with Crippen LogP contribution in [0.15, 0.2) is 12.1 Å². The molecule has 3 nitrogen and oxygen atoms in total. The van der Waals surface area contributed by atoms with Gasteiger partial charge in [0, 0.05) is 18.7 Å². The Balaban J connectivity index is 2.56. The van der Waals surface area contributed by atoms with Gasteiger partial charge in [-0.2, -0.15) is 8.78 Å². The molecule has 0 bridgehead atoms. The van der Waals surface area contributed by atoms with Crippen molar-refractivity contribution in [3.8, 4) is 5.75 Å². The van der Waals surface area contributed by atoms with Crippen molar-refractivity contribution in [2.24, 2.45) is 5.92 Å². The second-order valence-electron chi connectivity index (χ2n) is 5.06. The average molecular weight is 290 g/mol. The zero-order valence-electron chi connectivity index (χ0n) is 11.8. The maximum Gasteiger partial charge on any atom is 0.387 e. The predicted octanol–water partition coefficient (Wildman–Crippen LogP) is 4.25. The van der Waals surface area contributed by atoms with E-state index in [0.29, 0.717) is 18.2 Å². The van der Waals surface area contributed by atoms with Crippen molar-refractivity contribution in [3.05, 3.63) is 17.9 Å². The van der Waals surface area contributed by atoms with Gasteiger partial charge in [-0.15, -0.1) is 0 Å². The van der Waals surface area contributed by atoms with E-state index < -0.39 is 18.2 Å². The first-order valence-electron chi connectivity index (χ1n) is 6.68. The van der Waals surface area contributed by atoms with Crippen LogP contribution in [0, 0.1) is 11.7 Å². The Bertz CT molecular complexity index is 425. The summed E-state index contributed by atoms with van der Waals surface area (Å²) in [7, 11) is 0. The van der Waals surface area contributed by atoms with E-state index in [9.17, 15) is 13.2 Å². The lowest BCUT2D eigenvalue weighted by molar-refractivity contribution is -0.0521. The Kier molecular flexibility index (Phi) is 6.48. The van der Waals surface area contributed by atoms with Gasteiger partial charge < -0.3 is 15.8 Å². The number of nitrogen functional groups attached to an aromatic ring is 1. The highest BCUT2D eigenvalue weighted by atomic mass is 19.3. The SMILES string of the molecule is CC(C)CCCCNc1cc(OC(F)F)c(F)cc1N. The summed E-state index contributed by atoms with van der Waals surface area (Å²) in [4.78, 5) is 0. The molecule has 0 unspecified atom stereocenters. The lowest BCUT2D eigenvalue weighted by Crippen LogP contribution is -2.08. The van der Waals surface area contributed by atoms with Gasteiger partial charge >= 0.3 is 6.61 Å². The van der Waals surface area contributed by atoms with Crippen molar-refractivity contribution >= 4 is 11.4 Å². The zero-order chi connectivity index (χ0) is 15.1. The molecule has 0 spiro atoms. The van der Waals surface area contributed by atoms with Crippen LogP contribution in [0.2, 0.25) is 0 Å². The molecule has 1 aromatic rings. The van der Waals surface area contributed by atoms with E-state index in [2.05, 4.69) is 23.9 Å². The smallest absolute Gasteiger partial charge is 0.387 e. The fourth-order valence-corrected chi connectivity index (χ4v) is 1.81. The summed E-state index contributed by atoms with van der Waals surface area (Å²) in [5.74, 6) is -0.746. The molecule has 0 aliphatic heterocycles. The minimum absolute atomic E-state index is 0.174. The van der Waals surface area contributed by atoms with Gasteiger partial charge in [0.25, 0.3) is 0 Å². The van der Waals surface area contributed by atoms with Gasteiger partial charge in [0.05, 0.1) is 11.4 Å². The first-order valence-corrected chi connectivity index (χ1v) is 6.68. The number of benzene rings is 1. The number of rotatable bonds is 8. The van der Waals surface area contributed by atoms with Crippen LogP contribution in [-0.2, 0) is 0 Å². The van der Waals surface area contributed by atoms with E-state index in [4.69, 9.17) is 5.73 Å². The number of hydrogen-bond acceptors (Lipinski definition) is 3. The van der Waals surface area contributed by atoms with Crippen LogP contribution in [0.1, 0.15) is 33.1 Å². The molecule has 0 saturated heterocycles. The van der Waals surface area contributed by atoms with E-state index >= 15 is 0 Å². The van der Waals surface area contributed by atoms with E-state index in [0.717, 1.165) is 25.3 Å². The Morgan fingerprint density at radius 1 is 1.25 bits per heavy atom. The fraction of sp³-hybridized carbons (Fsp3) is 0.571. The average Bonchev–Trinajstić information content (AvgIpc) is 2.33. The Morgan fingerprint density at radius 2 is 1.95 bits per heavy atom. The summed E-state index contributed by atoms with van der Waals surface area (Å²) in [5.41, 5.74) is 6.22. The van der Waals surface area contributed by atoms with E-state index in [1.165, 1.54) is 6.07 Å². The summed E-state index contributed by atoms with van der Waals surface area (Å²) in [6.07, 6.45) is 3.12. The molecule has 0 aromatic heterocycles. The molecule has 3 N–H and O–H groups in total. The van der Waals surface area contributed by atoms with Crippen molar-refractivity contribution in [1.29, 1.82) is 0 Å². The summed E-state index contributed by atoms with van der Waals surface area (Å²) in [6.45, 7) is 1.89. The molecule has 0 aliphatic carbocycles. The topological polar surface area (TPSA) is 47.3 Å². The van der Waals surface area contributed by atoms with Crippen LogP contribution < -0.4 is 15.8 Å². The molecule has 20 heavy (non-hydrogen) atoms. The number of alkyl halides is 2. The first-order chi connectivity index (χ1) is 9.40. The number of halogens is 3. The highest BCUT2D eigenvalue weighted by molar-refractivity contribution is 5.68. The maximum absolute atomic E-state index is 13.4. The van der Waals surface area contributed by atoms with Crippen LogP contribution in [0.3, 0.4) is 0 Å². The predicted molar refractivity (Wildman–Crippen MR) is 74.6 cm³/mol. The first kappa shape index (κ1) is 16.5. The molecule has 1 aromatic carbocycles. The number of nitrogens with two attached hydrogens (primary N) is 1. The van der Waals surface area contributed by atoms with Gasteiger partial charge in [0.2, 0.25) is 0 Å². The molecular formula is C14H21F3N2O. The molecule has 0 aliphatic rings. The van der Waals surface area contributed by atoms with Gasteiger partial charge in [0.15, 0.2) is 11.6 Å². The molecule has 0 saturated carbocycles. The van der Waals surface area contributed by atoms with Gasteiger partial charge in [0.1, 0.15) is 0 Å². The van der Waals surface area contributed by atoms with Gasteiger partial charge in [-0.05, 0) is 12.3 Å². The third kappa shape index (κ3) is 5.59. The van der Waals surface area contributed by atoms with E-state index in [1.54, 1.807) is 0 Å². The third-order valence-corrected chi connectivity index (χ3v) is 2.84. The Morgan fingerprint density at radius 3 is 2.55 bits per heavy atom. The second-order valence-corrected chi connectivity index (χ2v) is 5.06. The maximum atomic E-state index is 13.4. The summed E-state index contributed by atoms with van der Waals surface area (Å²) in [6, 6.07) is 2.15. The fourth-order valence-electron chi connectivity index (χ4n) is 1.81. The highest BCUT2D eigenvalue weighted by Gasteiger charge is 2.13. The number of nitrogens with one attached hydrogen (secondary N) is 1. The van der Waals surface area contributed by atoms with Crippen molar-refractivity contribution in [3.63, 3.8) is 0 Å². The largest absolute Gasteiger partial charge is 0.432 e. The summed E-state index contributed by atoms with van der Waals surface area (Å²) < 4.78 is 41.7. The number of hydrogen-bond donors (Lipinski definition) is 2. The molecule has 0 fully saturated rings. The molecular weight excluding hydrogens is 269 g/mol. The Labute approximate surface area is 117 Å². The van der Waals surface area contributed by atoms with Gasteiger partial charge in [-0.1, -0.05) is 26.7 Å². The quantitative estimate of drug-likeness (QED) is 0.556. The standard InChI is InChI=1S/C14H21F3N2O/c1-9(2)5-3-4-6-19-12-8-13(20-14(16)17)10(15)7-11(12)18/h7-9,14,19H,3-6,18H2,1-2H3. The van der Waals surface area contributed by atoms with E-state index in [-0.39, 0.29) is 5.69 Å². The Hall–Kier alpha value is -1.59. The minimum atomic E-state index is -3.06. The third-order valence-electron chi connectivity index (χ3n) is 2.84. The molecule has 0 atom stereocenters. The number of ether oxygens (including phenoxy) is 1. The summed E-state index contributed by atoms with van der Waals surface area (Å²) >= 11 is 0.